The second-order valence-electron chi connectivity index (χ2n) is 7.13. The van der Waals surface area contributed by atoms with Crippen LogP contribution in [-0.2, 0) is 22.6 Å². The molecule has 0 unspecified atom stereocenters. The summed E-state index contributed by atoms with van der Waals surface area (Å²) in [5, 5.41) is 0. The van der Waals surface area contributed by atoms with Gasteiger partial charge in [-0.3, -0.25) is 9.88 Å². The Hall–Kier alpha value is -1.89. The third-order valence-corrected chi connectivity index (χ3v) is 5.27. The lowest BCUT2D eigenvalue weighted by Crippen LogP contribution is -2.64. The average molecular weight is 360 g/mol. The van der Waals surface area contributed by atoms with Crippen LogP contribution in [0.3, 0.4) is 0 Å². The number of likely N-dealkylation sites (tertiary alicyclic amines) is 1. The lowest BCUT2D eigenvalue weighted by atomic mass is 9.81. The van der Waals surface area contributed by atoms with Gasteiger partial charge < -0.3 is 9.47 Å². The minimum atomic E-state index is -0.807. The van der Waals surface area contributed by atoms with Crippen LogP contribution in [0, 0.1) is 17.6 Å². The molecule has 0 radical (unpaired) electrons. The van der Waals surface area contributed by atoms with Gasteiger partial charge in [-0.1, -0.05) is 12.1 Å². The molecule has 26 heavy (non-hydrogen) atoms. The fourth-order valence-corrected chi connectivity index (χ4v) is 3.88. The van der Waals surface area contributed by atoms with Crippen LogP contribution < -0.4 is 0 Å². The topological polar surface area (TPSA) is 34.6 Å². The van der Waals surface area contributed by atoms with Crippen molar-refractivity contribution in [1.29, 1.82) is 0 Å². The highest BCUT2D eigenvalue weighted by atomic mass is 19.2. The van der Waals surface area contributed by atoms with Gasteiger partial charge in [0.05, 0.1) is 24.5 Å². The van der Waals surface area contributed by atoms with Gasteiger partial charge in [-0.05, 0) is 36.2 Å². The van der Waals surface area contributed by atoms with E-state index in [2.05, 4.69) is 9.88 Å². The number of aromatic nitrogens is 1. The number of benzene rings is 1. The quantitative estimate of drug-likeness (QED) is 0.793. The van der Waals surface area contributed by atoms with E-state index in [0.29, 0.717) is 25.7 Å². The molecule has 1 aromatic heterocycles. The fraction of sp³-hybridized carbons (Fsp3) is 0.450. The zero-order valence-corrected chi connectivity index (χ0v) is 14.5. The molecule has 1 spiro atoms. The summed E-state index contributed by atoms with van der Waals surface area (Å²) in [6.07, 6.45) is 2.75. The maximum absolute atomic E-state index is 13.3. The maximum atomic E-state index is 13.3. The van der Waals surface area contributed by atoms with Gasteiger partial charge in [-0.25, -0.2) is 8.78 Å². The molecule has 2 aliphatic rings. The Morgan fingerprint density at radius 2 is 2.08 bits per heavy atom. The third-order valence-electron chi connectivity index (χ3n) is 5.27. The van der Waals surface area contributed by atoms with Crippen molar-refractivity contribution < 1.29 is 18.3 Å². The number of ether oxygens (including phenoxy) is 2. The lowest BCUT2D eigenvalue weighted by molar-refractivity contribution is -0.146. The molecule has 2 saturated heterocycles. The molecule has 2 fully saturated rings. The monoisotopic (exact) mass is 360 g/mol. The van der Waals surface area contributed by atoms with Crippen molar-refractivity contribution in [3.63, 3.8) is 0 Å². The van der Waals surface area contributed by atoms with Crippen molar-refractivity contribution >= 4 is 0 Å². The van der Waals surface area contributed by atoms with Crippen LogP contribution >= 0.6 is 0 Å². The van der Waals surface area contributed by atoms with Crippen LogP contribution in [0.4, 0.5) is 8.78 Å². The zero-order chi connectivity index (χ0) is 18.0. The van der Waals surface area contributed by atoms with Gasteiger partial charge in [0.2, 0.25) is 0 Å². The predicted molar refractivity (Wildman–Crippen MR) is 92.3 cm³/mol. The average Bonchev–Trinajstić information content (AvgIpc) is 3.03. The van der Waals surface area contributed by atoms with Crippen molar-refractivity contribution in [2.24, 2.45) is 5.92 Å². The molecule has 4 nitrogen and oxygen atoms in total. The van der Waals surface area contributed by atoms with E-state index in [9.17, 15) is 8.78 Å². The minimum absolute atomic E-state index is 0.164. The summed E-state index contributed by atoms with van der Waals surface area (Å²) in [7, 11) is 0. The van der Waals surface area contributed by atoms with Crippen LogP contribution in [-0.4, -0.2) is 41.8 Å². The summed E-state index contributed by atoms with van der Waals surface area (Å²) in [6.45, 7) is 4.09. The maximum Gasteiger partial charge on any atom is 0.159 e. The van der Waals surface area contributed by atoms with E-state index < -0.39 is 11.6 Å². The Labute approximate surface area is 151 Å². The van der Waals surface area contributed by atoms with Crippen LogP contribution in [0.1, 0.15) is 17.7 Å². The van der Waals surface area contributed by atoms with E-state index in [1.54, 1.807) is 12.3 Å². The first-order valence-corrected chi connectivity index (χ1v) is 8.92. The number of rotatable bonds is 6. The number of hydrogen-bond acceptors (Lipinski definition) is 4. The summed E-state index contributed by atoms with van der Waals surface area (Å²) in [5.41, 5.74) is 1.54. The van der Waals surface area contributed by atoms with E-state index in [1.807, 2.05) is 18.2 Å². The summed E-state index contributed by atoms with van der Waals surface area (Å²) >= 11 is 0. The van der Waals surface area contributed by atoms with Crippen LogP contribution in [0.2, 0.25) is 0 Å². The zero-order valence-electron chi connectivity index (χ0n) is 14.5. The molecular weight excluding hydrogens is 338 g/mol. The highest BCUT2D eigenvalue weighted by Crippen LogP contribution is 2.40. The first-order chi connectivity index (χ1) is 12.6. The summed E-state index contributed by atoms with van der Waals surface area (Å²) in [5.74, 6) is -1.25. The number of pyridine rings is 1. The Morgan fingerprint density at radius 1 is 1.19 bits per heavy atom. The molecule has 2 aromatic rings. The molecule has 138 valence electrons. The fourth-order valence-electron chi connectivity index (χ4n) is 3.88. The van der Waals surface area contributed by atoms with Gasteiger partial charge in [-0.15, -0.1) is 0 Å². The van der Waals surface area contributed by atoms with E-state index in [1.165, 1.54) is 12.1 Å². The van der Waals surface area contributed by atoms with Crippen molar-refractivity contribution in [2.45, 2.75) is 25.2 Å². The molecule has 0 aliphatic carbocycles. The molecule has 3 heterocycles. The highest BCUT2D eigenvalue weighted by molar-refractivity contribution is 5.19. The predicted octanol–water partition coefficient (Wildman–Crippen LogP) is 3.17. The molecule has 0 saturated carbocycles. The minimum Gasteiger partial charge on any atom is -0.375 e. The van der Waals surface area contributed by atoms with Gasteiger partial charge in [0.25, 0.3) is 0 Å². The second kappa shape index (κ2) is 7.39. The number of hydrogen-bond donors (Lipinski definition) is 0. The second-order valence-corrected chi connectivity index (χ2v) is 7.13. The first-order valence-electron chi connectivity index (χ1n) is 8.92. The molecule has 1 aromatic carbocycles. The molecule has 0 amide bonds. The van der Waals surface area contributed by atoms with Crippen molar-refractivity contribution in [3.8, 4) is 0 Å². The lowest BCUT2D eigenvalue weighted by Gasteiger charge is -2.50. The van der Waals surface area contributed by atoms with Gasteiger partial charge in [0.1, 0.15) is 0 Å². The van der Waals surface area contributed by atoms with E-state index in [0.717, 1.165) is 37.4 Å². The first kappa shape index (κ1) is 17.5. The molecule has 1 atom stereocenters. The Balaban J connectivity index is 1.28. The van der Waals surface area contributed by atoms with Gasteiger partial charge in [0, 0.05) is 38.4 Å². The summed E-state index contributed by atoms with van der Waals surface area (Å²) in [4.78, 5) is 6.46. The van der Waals surface area contributed by atoms with Gasteiger partial charge in [-0.2, -0.15) is 0 Å². The SMILES string of the molecule is Fc1ccc(CN2CC3(C2)OCC[C@H]3COCc2ccccn2)cc1F. The Bertz CT molecular complexity index is 751. The summed E-state index contributed by atoms with van der Waals surface area (Å²) < 4.78 is 38.3. The molecule has 0 N–H and O–H groups in total. The van der Waals surface area contributed by atoms with E-state index in [-0.39, 0.29) is 5.60 Å². The molecule has 6 heteroatoms. The molecule has 0 bridgehead atoms. The Kier molecular flexibility index (Phi) is 4.98. The number of halogens is 2. The molecule has 2 aliphatic heterocycles. The van der Waals surface area contributed by atoms with Crippen LogP contribution in [0.5, 0.6) is 0 Å². The third kappa shape index (κ3) is 3.63. The van der Waals surface area contributed by atoms with E-state index >= 15 is 0 Å². The standard InChI is InChI=1S/C20H22F2N2O2/c21-18-5-4-15(9-19(18)22)10-24-13-20(14-24)16(6-8-26-20)11-25-12-17-3-1-2-7-23-17/h1-5,7,9,16H,6,8,10-14H2/t16-/m0/s1. The van der Waals surface area contributed by atoms with Crippen molar-refractivity contribution in [2.75, 3.05) is 26.3 Å². The Morgan fingerprint density at radius 3 is 2.85 bits per heavy atom. The van der Waals surface area contributed by atoms with E-state index in [4.69, 9.17) is 9.47 Å². The van der Waals surface area contributed by atoms with Crippen molar-refractivity contribution in [1.82, 2.24) is 9.88 Å². The van der Waals surface area contributed by atoms with Crippen LogP contribution in [0.25, 0.3) is 0 Å². The normalized spacial score (nSPS) is 21.8. The smallest absolute Gasteiger partial charge is 0.159 e. The van der Waals surface area contributed by atoms with Gasteiger partial charge in [0.15, 0.2) is 11.6 Å². The van der Waals surface area contributed by atoms with Crippen LogP contribution in [0.15, 0.2) is 42.6 Å². The van der Waals surface area contributed by atoms with Gasteiger partial charge >= 0.3 is 0 Å². The summed E-state index contributed by atoms with van der Waals surface area (Å²) in [6, 6.07) is 9.87. The largest absolute Gasteiger partial charge is 0.375 e. The van der Waals surface area contributed by atoms with Crippen molar-refractivity contribution in [3.05, 3.63) is 65.5 Å². The molecule has 4 rings (SSSR count). The number of nitrogens with zero attached hydrogens (tertiary/aromatic N) is 2. The molecular formula is C20H22F2N2O2. The highest BCUT2D eigenvalue weighted by Gasteiger charge is 2.52.